The van der Waals surface area contributed by atoms with Crippen LogP contribution < -0.4 is 5.32 Å². The van der Waals surface area contributed by atoms with Crippen molar-refractivity contribution in [3.8, 4) is 0 Å². The van der Waals surface area contributed by atoms with Gasteiger partial charge in [0.1, 0.15) is 5.82 Å². The molecule has 5 nitrogen and oxygen atoms in total. The van der Waals surface area contributed by atoms with Crippen LogP contribution in [0.4, 0.5) is 0 Å². The molecular weight excluding hydrogens is 400 g/mol. The van der Waals surface area contributed by atoms with E-state index in [0.29, 0.717) is 28.5 Å². The molecule has 5 rings (SSSR count). The largest absolute Gasteiger partial charge is 0.356 e. The van der Waals surface area contributed by atoms with Gasteiger partial charge in [-0.3, -0.25) is 9.89 Å². The summed E-state index contributed by atoms with van der Waals surface area (Å²) in [7, 11) is 0. The Morgan fingerprint density at radius 2 is 2.12 bits per heavy atom. The maximum atomic E-state index is 12.6. The fourth-order valence-electron chi connectivity index (χ4n) is 6.13. The number of aromatic amines is 1. The number of rotatable bonds is 6. The molecular formula is C18H27BrN4OS. The number of hydrogen-bond acceptors (Lipinski definition) is 3. The summed E-state index contributed by atoms with van der Waals surface area (Å²) in [5.41, 5.74) is 0.237. The van der Waals surface area contributed by atoms with E-state index in [1.165, 1.54) is 38.5 Å². The number of carbonyl (C=O) groups is 1. The van der Waals surface area contributed by atoms with Crippen molar-refractivity contribution in [2.24, 2.45) is 17.3 Å². The SMILES string of the molecule is CCn1c(CCNC(=O)CC23CC4CC(CC(Br)(C4)C2)C3)n[nH]c1=S. The molecule has 1 heterocycles. The molecule has 4 bridgehead atoms. The fraction of sp³-hybridized carbons (Fsp3) is 0.833. The number of hydrogen-bond donors (Lipinski definition) is 2. The molecule has 0 saturated heterocycles. The molecule has 0 radical (unpaired) electrons. The molecule has 2 N–H and O–H groups in total. The van der Waals surface area contributed by atoms with Gasteiger partial charge in [0.2, 0.25) is 5.91 Å². The van der Waals surface area contributed by atoms with Gasteiger partial charge in [-0.2, -0.15) is 5.10 Å². The summed E-state index contributed by atoms with van der Waals surface area (Å²) in [6.07, 6.45) is 9.09. The molecule has 4 fully saturated rings. The number of H-pyrrole nitrogens is 1. The zero-order valence-electron chi connectivity index (χ0n) is 14.8. The van der Waals surface area contributed by atoms with Crippen LogP contribution >= 0.6 is 28.1 Å². The molecule has 2 atom stereocenters. The van der Waals surface area contributed by atoms with Crippen LogP contribution in [0.25, 0.3) is 0 Å². The van der Waals surface area contributed by atoms with E-state index in [4.69, 9.17) is 12.2 Å². The Morgan fingerprint density at radius 3 is 2.76 bits per heavy atom. The maximum Gasteiger partial charge on any atom is 0.220 e. The third-order valence-electron chi connectivity index (χ3n) is 6.47. The molecule has 1 aromatic rings. The number of alkyl halides is 1. The van der Waals surface area contributed by atoms with Crippen molar-refractivity contribution < 1.29 is 4.79 Å². The molecule has 1 aromatic heterocycles. The Balaban J connectivity index is 1.33. The number of aromatic nitrogens is 3. The van der Waals surface area contributed by atoms with Crippen LogP contribution in [0, 0.1) is 22.0 Å². The summed E-state index contributed by atoms with van der Waals surface area (Å²) in [5.74, 6) is 2.77. The smallest absolute Gasteiger partial charge is 0.220 e. The second-order valence-corrected chi connectivity index (χ2v) is 10.6. The van der Waals surface area contributed by atoms with Gasteiger partial charge in [0, 0.05) is 30.3 Å². The molecule has 0 spiro atoms. The Hall–Kier alpha value is -0.690. The lowest BCUT2D eigenvalue weighted by molar-refractivity contribution is -0.128. The zero-order chi connectivity index (χ0) is 17.7. The molecule has 25 heavy (non-hydrogen) atoms. The number of amides is 1. The summed E-state index contributed by atoms with van der Waals surface area (Å²) in [4.78, 5) is 12.6. The van der Waals surface area contributed by atoms with Crippen molar-refractivity contribution in [3.05, 3.63) is 10.6 Å². The highest BCUT2D eigenvalue weighted by Crippen LogP contribution is 2.65. The van der Waals surface area contributed by atoms with Crippen molar-refractivity contribution in [2.45, 2.75) is 69.2 Å². The minimum absolute atomic E-state index is 0.204. The van der Waals surface area contributed by atoms with E-state index in [0.717, 1.165) is 24.2 Å². The summed E-state index contributed by atoms with van der Waals surface area (Å²) in [6, 6.07) is 0. The summed E-state index contributed by atoms with van der Waals surface area (Å²) in [5, 5.41) is 10.2. The van der Waals surface area contributed by atoms with E-state index in [2.05, 4.69) is 38.4 Å². The van der Waals surface area contributed by atoms with Crippen LogP contribution in [0.3, 0.4) is 0 Å². The van der Waals surface area contributed by atoms with Gasteiger partial charge in [-0.15, -0.1) is 0 Å². The van der Waals surface area contributed by atoms with Gasteiger partial charge in [0.15, 0.2) is 4.77 Å². The van der Waals surface area contributed by atoms with Gasteiger partial charge >= 0.3 is 0 Å². The van der Waals surface area contributed by atoms with Crippen molar-refractivity contribution >= 4 is 34.1 Å². The van der Waals surface area contributed by atoms with Gasteiger partial charge in [-0.05, 0) is 74.9 Å². The molecule has 1 amide bonds. The molecule has 4 aliphatic rings. The Kier molecular flexibility index (Phi) is 4.59. The standard InChI is InChI=1S/C18H27BrN4OS/c1-2-23-14(21-22-16(23)25)3-4-20-15(24)10-17-6-12-5-13(7-17)9-18(19,8-12)11-17/h12-13H,2-11H2,1H3,(H,20,24)(H,22,25). The molecule has 4 aliphatic carbocycles. The molecule has 7 heteroatoms. The maximum absolute atomic E-state index is 12.6. The second-order valence-electron chi connectivity index (χ2n) is 8.58. The molecule has 138 valence electrons. The quantitative estimate of drug-likeness (QED) is 0.537. The highest BCUT2D eigenvalue weighted by molar-refractivity contribution is 9.10. The summed E-state index contributed by atoms with van der Waals surface area (Å²) >= 11 is 9.24. The third-order valence-corrected chi connectivity index (χ3v) is 7.71. The van der Waals surface area contributed by atoms with Gasteiger partial charge in [-0.1, -0.05) is 15.9 Å². The molecule has 0 aromatic carbocycles. The number of carbonyl (C=O) groups excluding carboxylic acids is 1. The fourth-order valence-corrected chi connectivity index (χ4v) is 7.92. The van der Waals surface area contributed by atoms with E-state index in [9.17, 15) is 4.79 Å². The average molecular weight is 427 g/mol. The van der Waals surface area contributed by atoms with E-state index in [-0.39, 0.29) is 11.3 Å². The third kappa shape index (κ3) is 3.46. The predicted octanol–water partition coefficient (Wildman–Crippen LogP) is 3.74. The zero-order valence-corrected chi connectivity index (χ0v) is 17.2. The highest BCUT2D eigenvalue weighted by atomic mass is 79.9. The van der Waals surface area contributed by atoms with E-state index < -0.39 is 0 Å². The first-order valence-corrected chi connectivity index (χ1v) is 10.7. The van der Waals surface area contributed by atoms with Crippen molar-refractivity contribution in [2.75, 3.05) is 6.54 Å². The molecule has 2 unspecified atom stereocenters. The van der Waals surface area contributed by atoms with E-state index in [1.807, 2.05) is 4.57 Å². The lowest BCUT2D eigenvalue weighted by Crippen LogP contribution is -2.54. The van der Waals surface area contributed by atoms with Gasteiger partial charge < -0.3 is 9.88 Å². The second kappa shape index (κ2) is 6.48. The van der Waals surface area contributed by atoms with E-state index in [1.54, 1.807) is 0 Å². The molecule has 4 saturated carbocycles. The first-order chi connectivity index (χ1) is 11.9. The predicted molar refractivity (Wildman–Crippen MR) is 103 cm³/mol. The lowest BCUT2D eigenvalue weighted by Gasteiger charge is -2.60. The van der Waals surface area contributed by atoms with Gasteiger partial charge in [0.05, 0.1) is 0 Å². The average Bonchev–Trinajstić information content (AvgIpc) is 2.84. The van der Waals surface area contributed by atoms with E-state index >= 15 is 0 Å². The monoisotopic (exact) mass is 426 g/mol. The van der Waals surface area contributed by atoms with Crippen molar-refractivity contribution in [3.63, 3.8) is 0 Å². The molecule has 0 aliphatic heterocycles. The summed E-state index contributed by atoms with van der Waals surface area (Å²) < 4.78 is 2.95. The first-order valence-electron chi connectivity index (χ1n) is 9.50. The topological polar surface area (TPSA) is 62.7 Å². The number of nitrogens with one attached hydrogen (secondary N) is 2. The number of nitrogens with zero attached hydrogens (tertiary/aromatic N) is 2. The Bertz CT molecular complexity index is 713. The minimum atomic E-state index is 0.204. The van der Waals surface area contributed by atoms with Crippen molar-refractivity contribution in [1.29, 1.82) is 0 Å². The van der Waals surface area contributed by atoms with Gasteiger partial charge in [0.25, 0.3) is 0 Å². The minimum Gasteiger partial charge on any atom is -0.356 e. The van der Waals surface area contributed by atoms with Crippen molar-refractivity contribution in [1.82, 2.24) is 20.1 Å². The van der Waals surface area contributed by atoms with Crippen LogP contribution in [0.15, 0.2) is 0 Å². The summed E-state index contributed by atoms with van der Waals surface area (Å²) in [6.45, 7) is 3.48. The van der Waals surface area contributed by atoms with Crippen LogP contribution in [0.1, 0.15) is 57.7 Å². The van der Waals surface area contributed by atoms with Crippen LogP contribution in [0.2, 0.25) is 0 Å². The van der Waals surface area contributed by atoms with Crippen LogP contribution in [-0.4, -0.2) is 31.5 Å². The van der Waals surface area contributed by atoms with Crippen LogP contribution in [0.5, 0.6) is 0 Å². The normalized spacial score (nSPS) is 35.9. The lowest BCUT2D eigenvalue weighted by atomic mass is 9.48. The van der Waals surface area contributed by atoms with Crippen LogP contribution in [-0.2, 0) is 17.8 Å². The Morgan fingerprint density at radius 1 is 1.40 bits per heavy atom. The van der Waals surface area contributed by atoms with Gasteiger partial charge in [-0.25, -0.2) is 0 Å². The highest BCUT2D eigenvalue weighted by Gasteiger charge is 2.57. The Labute approximate surface area is 162 Å². The number of halogens is 1. The first kappa shape index (κ1) is 17.7.